The third kappa shape index (κ3) is 3.52. The van der Waals surface area contributed by atoms with Gasteiger partial charge in [-0.3, -0.25) is 4.79 Å². The highest BCUT2D eigenvalue weighted by atomic mass is 19.1. The van der Waals surface area contributed by atoms with Crippen LogP contribution in [0.5, 0.6) is 0 Å². The molecule has 0 bridgehead atoms. The van der Waals surface area contributed by atoms with E-state index >= 15 is 0 Å². The molecule has 0 aliphatic carbocycles. The molecule has 3 heterocycles. The summed E-state index contributed by atoms with van der Waals surface area (Å²) in [5.41, 5.74) is 3.85. The summed E-state index contributed by atoms with van der Waals surface area (Å²) in [4.78, 5) is 21.2. The van der Waals surface area contributed by atoms with E-state index in [2.05, 4.69) is 15.3 Å². The predicted molar refractivity (Wildman–Crippen MR) is 114 cm³/mol. The normalized spacial score (nSPS) is 11.3. The third-order valence-electron chi connectivity index (χ3n) is 5.20. The highest BCUT2D eigenvalue weighted by molar-refractivity contribution is 6.07. The lowest BCUT2D eigenvalue weighted by Crippen LogP contribution is -2.17. The van der Waals surface area contributed by atoms with Crippen LogP contribution in [-0.2, 0) is 13.6 Å². The number of pyridine rings is 1. The first kappa shape index (κ1) is 18.9. The quantitative estimate of drug-likeness (QED) is 0.438. The number of hydrogen-bond acceptors (Lipinski definition) is 3. The second kappa shape index (κ2) is 7.32. The monoisotopic (exact) mass is 417 g/mol. The van der Waals surface area contributed by atoms with Gasteiger partial charge in [0.2, 0.25) is 5.95 Å². The van der Waals surface area contributed by atoms with Crippen LogP contribution in [0.1, 0.15) is 16.1 Å². The summed E-state index contributed by atoms with van der Waals surface area (Å²) in [7, 11) is 1.89. The summed E-state index contributed by atoms with van der Waals surface area (Å²) in [6.45, 7) is 0.233. The summed E-state index contributed by atoms with van der Waals surface area (Å²) in [6, 6.07) is 14.5. The number of anilines is 1. The number of aryl methyl sites for hydroxylation is 1. The largest absolute Gasteiger partial charge is 0.334 e. The van der Waals surface area contributed by atoms with Crippen molar-refractivity contribution in [2.24, 2.45) is 7.05 Å². The summed E-state index contributed by atoms with van der Waals surface area (Å²) < 4.78 is 30.9. The average Bonchev–Trinajstić information content (AvgIpc) is 3.28. The highest BCUT2D eigenvalue weighted by Gasteiger charge is 2.18. The first-order valence-corrected chi connectivity index (χ1v) is 9.59. The molecular formula is C23H17F2N5O. The van der Waals surface area contributed by atoms with E-state index in [1.54, 1.807) is 41.2 Å². The fraction of sp³-hybridized carbons (Fsp3) is 0.0870. The molecular weight excluding hydrogens is 400 g/mol. The SMILES string of the molecule is Cn1cnc2cc(NC(=O)c3cc4cc(F)ncc4n3Cc3cccc(F)c3)ccc21. The third-order valence-corrected chi connectivity index (χ3v) is 5.20. The first-order valence-electron chi connectivity index (χ1n) is 9.59. The van der Waals surface area contributed by atoms with Crippen LogP contribution in [0.2, 0.25) is 0 Å². The molecule has 154 valence electrons. The summed E-state index contributed by atoms with van der Waals surface area (Å²) in [5.74, 6) is -1.38. The van der Waals surface area contributed by atoms with Gasteiger partial charge in [-0.2, -0.15) is 4.39 Å². The fourth-order valence-corrected chi connectivity index (χ4v) is 3.72. The Morgan fingerprint density at radius 3 is 2.74 bits per heavy atom. The van der Waals surface area contributed by atoms with Gasteiger partial charge in [0, 0.05) is 30.7 Å². The number of carbonyl (C=O) groups is 1. The van der Waals surface area contributed by atoms with Gasteiger partial charge in [-0.05, 0) is 42.0 Å². The van der Waals surface area contributed by atoms with E-state index in [1.165, 1.54) is 24.4 Å². The highest BCUT2D eigenvalue weighted by Crippen LogP contribution is 2.24. The van der Waals surface area contributed by atoms with E-state index in [9.17, 15) is 13.6 Å². The Kier molecular flexibility index (Phi) is 4.47. The minimum atomic E-state index is -0.636. The van der Waals surface area contributed by atoms with Crippen molar-refractivity contribution in [3.8, 4) is 0 Å². The van der Waals surface area contributed by atoms with Crippen LogP contribution in [0, 0.1) is 11.8 Å². The lowest BCUT2D eigenvalue weighted by molar-refractivity contribution is 0.101. The molecule has 1 amide bonds. The maximum atomic E-state index is 13.7. The molecule has 0 spiro atoms. The van der Waals surface area contributed by atoms with Crippen LogP contribution in [0.3, 0.4) is 0 Å². The molecule has 5 aromatic rings. The van der Waals surface area contributed by atoms with E-state index in [0.29, 0.717) is 27.8 Å². The van der Waals surface area contributed by atoms with Gasteiger partial charge in [-0.25, -0.2) is 14.4 Å². The number of fused-ring (bicyclic) bond motifs is 2. The number of benzene rings is 2. The van der Waals surface area contributed by atoms with Gasteiger partial charge in [0.25, 0.3) is 5.91 Å². The molecule has 8 heteroatoms. The maximum absolute atomic E-state index is 13.7. The lowest BCUT2D eigenvalue weighted by atomic mass is 10.2. The molecule has 0 fully saturated rings. The molecule has 31 heavy (non-hydrogen) atoms. The number of carbonyl (C=O) groups excluding carboxylic acids is 1. The van der Waals surface area contributed by atoms with Gasteiger partial charge >= 0.3 is 0 Å². The van der Waals surface area contributed by atoms with E-state index in [0.717, 1.165) is 11.0 Å². The molecule has 2 aromatic carbocycles. The Bertz CT molecular complexity index is 1450. The van der Waals surface area contributed by atoms with Crippen molar-refractivity contribution in [1.29, 1.82) is 0 Å². The number of nitrogens with one attached hydrogen (secondary N) is 1. The Hall–Kier alpha value is -4.07. The van der Waals surface area contributed by atoms with Crippen molar-refractivity contribution in [2.75, 3.05) is 5.32 Å². The number of aromatic nitrogens is 4. The molecule has 0 aliphatic heterocycles. The summed E-state index contributed by atoms with van der Waals surface area (Å²) in [5, 5.41) is 3.41. The molecule has 5 rings (SSSR count). The minimum Gasteiger partial charge on any atom is -0.334 e. The topological polar surface area (TPSA) is 64.7 Å². The molecule has 6 nitrogen and oxygen atoms in total. The van der Waals surface area contributed by atoms with Gasteiger partial charge in [-0.1, -0.05) is 12.1 Å². The number of halogens is 2. The van der Waals surface area contributed by atoms with Crippen LogP contribution >= 0.6 is 0 Å². The fourth-order valence-electron chi connectivity index (χ4n) is 3.72. The number of nitrogens with zero attached hydrogens (tertiary/aromatic N) is 4. The summed E-state index contributed by atoms with van der Waals surface area (Å²) >= 11 is 0. The molecule has 0 radical (unpaired) electrons. The summed E-state index contributed by atoms with van der Waals surface area (Å²) in [6.07, 6.45) is 3.08. The van der Waals surface area contributed by atoms with Gasteiger partial charge in [-0.15, -0.1) is 0 Å². The molecule has 0 unspecified atom stereocenters. The van der Waals surface area contributed by atoms with E-state index in [-0.39, 0.29) is 18.3 Å². The Labute approximate surface area is 175 Å². The van der Waals surface area contributed by atoms with Gasteiger partial charge in [0.15, 0.2) is 0 Å². The number of rotatable bonds is 4. The minimum absolute atomic E-state index is 0.233. The zero-order valence-corrected chi connectivity index (χ0v) is 16.5. The van der Waals surface area contributed by atoms with Gasteiger partial charge in [0.1, 0.15) is 11.5 Å². The van der Waals surface area contributed by atoms with Crippen LogP contribution in [0.25, 0.3) is 21.9 Å². The Morgan fingerprint density at radius 2 is 1.90 bits per heavy atom. The Morgan fingerprint density at radius 1 is 1.03 bits per heavy atom. The van der Waals surface area contributed by atoms with Crippen LogP contribution < -0.4 is 5.32 Å². The van der Waals surface area contributed by atoms with Gasteiger partial charge in [0.05, 0.1) is 29.1 Å². The number of hydrogen-bond donors (Lipinski definition) is 1. The molecule has 1 N–H and O–H groups in total. The van der Waals surface area contributed by atoms with Gasteiger partial charge < -0.3 is 14.5 Å². The molecule has 0 atom stereocenters. The zero-order valence-electron chi connectivity index (χ0n) is 16.5. The Balaban J connectivity index is 1.54. The van der Waals surface area contributed by atoms with Crippen LogP contribution in [0.15, 0.2) is 67.1 Å². The average molecular weight is 417 g/mol. The van der Waals surface area contributed by atoms with Crippen molar-refractivity contribution >= 4 is 33.5 Å². The van der Waals surface area contributed by atoms with Crippen LogP contribution in [0.4, 0.5) is 14.5 Å². The first-order chi connectivity index (χ1) is 15.0. The second-order valence-corrected chi connectivity index (χ2v) is 7.32. The number of amides is 1. The molecule has 3 aromatic heterocycles. The zero-order chi connectivity index (χ0) is 21.5. The lowest BCUT2D eigenvalue weighted by Gasteiger charge is -2.12. The van der Waals surface area contributed by atoms with Crippen molar-refractivity contribution in [1.82, 2.24) is 19.1 Å². The maximum Gasteiger partial charge on any atom is 0.272 e. The molecule has 0 saturated carbocycles. The smallest absolute Gasteiger partial charge is 0.272 e. The van der Waals surface area contributed by atoms with Crippen molar-refractivity contribution in [3.05, 3.63) is 90.1 Å². The van der Waals surface area contributed by atoms with Crippen molar-refractivity contribution in [3.63, 3.8) is 0 Å². The van der Waals surface area contributed by atoms with Crippen molar-refractivity contribution in [2.45, 2.75) is 6.54 Å². The predicted octanol–water partition coefficient (Wildman–Crippen LogP) is 4.50. The second-order valence-electron chi connectivity index (χ2n) is 7.32. The molecule has 0 aliphatic rings. The van der Waals surface area contributed by atoms with Crippen molar-refractivity contribution < 1.29 is 13.6 Å². The van der Waals surface area contributed by atoms with E-state index < -0.39 is 5.95 Å². The standard InChI is InChI=1S/C23H17F2N5O/c1-29-13-27-18-10-17(5-6-19(18)29)28-23(31)20-8-15-9-22(25)26-11-21(15)30(20)12-14-3-2-4-16(24)7-14/h2-11,13H,12H2,1H3,(H,28,31). The number of imidazole rings is 1. The molecule has 0 saturated heterocycles. The van der Waals surface area contributed by atoms with E-state index in [4.69, 9.17) is 0 Å². The van der Waals surface area contributed by atoms with Crippen LogP contribution in [-0.4, -0.2) is 25.0 Å². The van der Waals surface area contributed by atoms with E-state index in [1.807, 2.05) is 17.7 Å².